The van der Waals surface area contributed by atoms with Crippen molar-refractivity contribution in [3.8, 4) is 56.4 Å². The Kier molecular flexibility index (Phi) is 5.72. The van der Waals surface area contributed by atoms with Gasteiger partial charge in [-0.15, -0.1) is 0 Å². The molecule has 39 heavy (non-hydrogen) atoms. The average Bonchev–Trinajstić information content (AvgIpc) is 3.46. The monoisotopic (exact) mass is 501 g/mol. The van der Waals surface area contributed by atoms with Crippen molar-refractivity contribution in [1.82, 2.24) is 24.6 Å². The Labute approximate surface area is 226 Å². The third-order valence-electron chi connectivity index (χ3n) is 6.72. The first-order valence-electron chi connectivity index (χ1n) is 12.8. The quantitative estimate of drug-likeness (QED) is 0.241. The fraction of sp³-hybridized carbons (Fsp3) is 0. The van der Waals surface area contributed by atoms with Gasteiger partial charge >= 0.3 is 0 Å². The van der Waals surface area contributed by atoms with Gasteiger partial charge in [-0.1, -0.05) is 121 Å². The molecule has 3 heterocycles. The lowest BCUT2D eigenvalue weighted by molar-refractivity contribution is 0.949. The lowest BCUT2D eigenvalue weighted by Gasteiger charge is -2.11. The van der Waals surface area contributed by atoms with Gasteiger partial charge in [-0.3, -0.25) is 0 Å². The van der Waals surface area contributed by atoms with Crippen molar-refractivity contribution < 1.29 is 0 Å². The van der Waals surface area contributed by atoms with Gasteiger partial charge in [0.15, 0.2) is 11.5 Å². The molecule has 0 spiro atoms. The predicted molar refractivity (Wildman–Crippen MR) is 156 cm³/mol. The van der Waals surface area contributed by atoms with E-state index in [-0.39, 0.29) is 0 Å². The standard InChI is InChI=1S/C34H23N5/c1-5-13-24(14-6-1)29-21-30(25-15-7-2-8-16-25)37-33(36-29)28-23-35-39-32(27-19-11-4-12-20-27)22-31(38-34(28)39)26-17-9-3-10-18-26/h1-23H. The molecule has 0 aliphatic rings. The first-order valence-corrected chi connectivity index (χ1v) is 12.8. The van der Waals surface area contributed by atoms with Crippen LogP contribution < -0.4 is 0 Å². The summed E-state index contributed by atoms with van der Waals surface area (Å²) in [6, 6.07) is 45.0. The van der Waals surface area contributed by atoms with E-state index < -0.39 is 0 Å². The van der Waals surface area contributed by atoms with E-state index in [0.717, 1.165) is 50.6 Å². The van der Waals surface area contributed by atoms with Gasteiger partial charge in [0.2, 0.25) is 0 Å². The number of nitrogens with zero attached hydrogens (tertiary/aromatic N) is 5. The summed E-state index contributed by atoms with van der Waals surface area (Å²) in [6.07, 6.45) is 1.82. The van der Waals surface area contributed by atoms with Crippen molar-refractivity contribution >= 4 is 5.65 Å². The van der Waals surface area contributed by atoms with Crippen LogP contribution >= 0.6 is 0 Å². The fourth-order valence-corrected chi connectivity index (χ4v) is 4.77. The predicted octanol–water partition coefficient (Wildman–Crippen LogP) is 7.85. The van der Waals surface area contributed by atoms with Crippen molar-refractivity contribution in [1.29, 1.82) is 0 Å². The molecule has 0 atom stereocenters. The molecule has 0 aliphatic carbocycles. The number of benzene rings is 4. The van der Waals surface area contributed by atoms with Gasteiger partial charge in [0, 0.05) is 22.3 Å². The van der Waals surface area contributed by atoms with Crippen molar-refractivity contribution in [3.63, 3.8) is 0 Å². The number of aromatic nitrogens is 5. The zero-order chi connectivity index (χ0) is 26.0. The molecule has 0 N–H and O–H groups in total. The van der Waals surface area contributed by atoms with Crippen LogP contribution in [0.4, 0.5) is 0 Å². The molecule has 5 nitrogen and oxygen atoms in total. The molecule has 7 aromatic rings. The molecule has 0 aliphatic heterocycles. The summed E-state index contributed by atoms with van der Waals surface area (Å²) in [4.78, 5) is 15.1. The van der Waals surface area contributed by atoms with Crippen LogP contribution in [0.2, 0.25) is 0 Å². The Morgan fingerprint density at radius 3 is 1.36 bits per heavy atom. The van der Waals surface area contributed by atoms with Gasteiger partial charge in [-0.2, -0.15) is 5.10 Å². The van der Waals surface area contributed by atoms with Gasteiger partial charge < -0.3 is 0 Å². The summed E-state index contributed by atoms with van der Waals surface area (Å²) >= 11 is 0. The van der Waals surface area contributed by atoms with Crippen molar-refractivity contribution in [3.05, 3.63) is 140 Å². The van der Waals surface area contributed by atoms with Crippen LogP contribution in [0, 0.1) is 0 Å². The van der Waals surface area contributed by atoms with Crippen LogP contribution in [-0.4, -0.2) is 24.6 Å². The van der Waals surface area contributed by atoms with Gasteiger partial charge in [0.05, 0.1) is 34.5 Å². The molecular weight excluding hydrogens is 478 g/mol. The lowest BCUT2D eigenvalue weighted by Crippen LogP contribution is -2.00. The maximum Gasteiger partial charge on any atom is 0.167 e. The second-order valence-electron chi connectivity index (χ2n) is 9.25. The molecule has 0 amide bonds. The smallest absolute Gasteiger partial charge is 0.167 e. The molecule has 5 heteroatoms. The first-order chi connectivity index (χ1) is 19.3. The highest BCUT2D eigenvalue weighted by atomic mass is 15.3. The van der Waals surface area contributed by atoms with Crippen molar-refractivity contribution in [2.24, 2.45) is 0 Å². The van der Waals surface area contributed by atoms with Crippen LogP contribution in [0.1, 0.15) is 0 Å². The van der Waals surface area contributed by atoms with Crippen LogP contribution in [-0.2, 0) is 0 Å². The third kappa shape index (κ3) is 4.36. The fourth-order valence-electron chi connectivity index (χ4n) is 4.77. The summed E-state index contributed by atoms with van der Waals surface area (Å²) in [5.74, 6) is 0.585. The largest absolute Gasteiger partial charge is 0.228 e. The van der Waals surface area contributed by atoms with Crippen LogP contribution in [0.25, 0.3) is 62.1 Å². The average molecular weight is 502 g/mol. The summed E-state index contributed by atoms with van der Waals surface area (Å²) in [5, 5.41) is 4.79. The SMILES string of the molecule is c1ccc(-c2cc(-c3ccccc3)nc(-c3cnn4c(-c5ccccc5)cc(-c5ccccc5)nc34)n2)cc1. The van der Waals surface area contributed by atoms with E-state index in [2.05, 4.69) is 54.6 Å². The maximum atomic E-state index is 5.09. The zero-order valence-electron chi connectivity index (χ0n) is 21.0. The number of hydrogen-bond donors (Lipinski definition) is 0. The van der Waals surface area contributed by atoms with Crippen LogP contribution in [0.15, 0.2) is 140 Å². The molecule has 0 fully saturated rings. The minimum Gasteiger partial charge on any atom is -0.228 e. The number of rotatable bonds is 5. The molecule has 0 bridgehead atoms. The summed E-state index contributed by atoms with van der Waals surface area (Å²) in [7, 11) is 0. The van der Waals surface area contributed by atoms with Gasteiger partial charge in [-0.05, 0) is 12.1 Å². The van der Waals surface area contributed by atoms with Gasteiger partial charge in [0.25, 0.3) is 0 Å². The van der Waals surface area contributed by atoms with E-state index in [4.69, 9.17) is 20.1 Å². The second kappa shape index (κ2) is 9.80. The normalized spacial score (nSPS) is 11.1. The summed E-state index contributed by atoms with van der Waals surface area (Å²) < 4.78 is 1.89. The molecule has 0 radical (unpaired) electrons. The third-order valence-corrected chi connectivity index (χ3v) is 6.72. The highest BCUT2D eigenvalue weighted by Gasteiger charge is 2.19. The molecule has 0 saturated carbocycles. The highest BCUT2D eigenvalue weighted by Crippen LogP contribution is 2.32. The maximum absolute atomic E-state index is 5.09. The van der Waals surface area contributed by atoms with Gasteiger partial charge in [-0.25, -0.2) is 19.5 Å². The molecule has 3 aromatic heterocycles. The summed E-state index contributed by atoms with van der Waals surface area (Å²) in [5.41, 5.74) is 9.14. The second-order valence-corrected chi connectivity index (χ2v) is 9.25. The summed E-state index contributed by atoms with van der Waals surface area (Å²) in [6.45, 7) is 0. The van der Waals surface area contributed by atoms with E-state index in [9.17, 15) is 0 Å². The molecule has 184 valence electrons. The first kappa shape index (κ1) is 22.8. The molecule has 0 saturated heterocycles. The molecular formula is C34H23N5. The Morgan fingerprint density at radius 1 is 0.436 bits per heavy atom. The van der Waals surface area contributed by atoms with Crippen molar-refractivity contribution in [2.75, 3.05) is 0 Å². The van der Waals surface area contributed by atoms with E-state index in [1.165, 1.54) is 0 Å². The lowest BCUT2D eigenvalue weighted by atomic mass is 10.1. The van der Waals surface area contributed by atoms with E-state index in [1.807, 2.05) is 89.6 Å². The topological polar surface area (TPSA) is 56.0 Å². The Morgan fingerprint density at radius 2 is 0.872 bits per heavy atom. The van der Waals surface area contributed by atoms with Gasteiger partial charge in [0.1, 0.15) is 0 Å². The van der Waals surface area contributed by atoms with E-state index >= 15 is 0 Å². The molecule has 7 rings (SSSR count). The van der Waals surface area contributed by atoms with Crippen molar-refractivity contribution in [2.45, 2.75) is 0 Å². The van der Waals surface area contributed by atoms with Crippen LogP contribution in [0.5, 0.6) is 0 Å². The van der Waals surface area contributed by atoms with Crippen LogP contribution in [0.3, 0.4) is 0 Å². The number of fused-ring (bicyclic) bond motifs is 1. The highest BCUT2D eigenvalue weighted by molar-refractivity contribution is 5.81. The minimum atomic E-state index is 0.585. The zero-order valence-corrected chi connectivity index (χ0v) is 21.0. The Bertz CT molecular complexity index is 1820. The van der Waals surface area contributed by atoms with E-state index in [1.54, 1.807) is 0 Å². The van der Waals surface area contributed by atoms with E-state index in [0.29, 0.717) is 11.5 Å². The molecule has 0 unspecified atom stereocenters. The Balaban J connectivity index is 1.49. The molecule has 4 aromatic carbocycles. The minimum absolute atomic E-state index is 0.585. The number of hydrogen-bond acceptors (Lipinski definition) is 4. The Hall–Kier alpha value is -5.42.